The number of hydrogen-bond donors (Lipinski definition) is 0. The summed E-state index contributed by atoms with van der Waals surface area (Å²) in [4.78, 5) is 25.6. The van der Waals surface area contributed by atoms with Crippen molar-refractivity contribution in [2.75, 3.05) is 20.3 Å². The highest BCUT2D eigenvalue weighted by molar-refractivity contribution is 5.85. The zero-order valence-corrected chi connectivity index (χ0v) is 12.5. The molecule has 0 aliphatic carbocycles. The minimum atomic E-state index is -0.475. The van der Waals surface area contributed by atoms with Gasteiger partial charge in [0.2, 0.25) is 0 Å². The standard InChI is InChI=1S/C16H21NO4/c1-12-6-5-7-13(10-12)21-11-15(18)17-9-4-3-8-14(17)16(19)20-2/h5-7,10,14H,3-4,8-9,11H2,1-2H3/t14-/m1/s1. The number of carbonyl (C=O) groups excluding carboxylic acids is 2. The maximum atomic E-state index is 12.3. The Morgan fingerprint density at radius 1 is 1.33 bits per heavy atom. The molecule has 1 saturated heterocycles. The van der Waals surface area contributed by atoms with E-state index in [0.29, 0.717) is 18.7 Å². The molecule has 0 saturated carbocycles. The average Bonchev–Trinajstić information content (AvgIpc) is 2.52. The van der Waals surface area contributed by atoms with Crippen LogP contribution in [0, 0.1) is 6.92 Å². The van der Waals surface area contributed by atoms with Crippen LogP contribution in [0.2, 0.25) is 0 Å². The first-order chi connectivity index (χ1) is 10.1. The lowest BCUT2D eigenvalue weighted by atomic mass is 10.0. The van der Waals surface area contributed by atoms with Crippen molar-refractivity contribution in [3.8, 4) is 5.75 Å². The molecule has 1 heterocycles. The maximum absolute atomic E-state index is 12.3. The predicted molar refractivity (Wildman–Crippen MR) is 78.0 cm³/mol. The summed E-state index contributed by atoms with van der Waals surface area (Å²) in [7, 11) is 1.35. The van der Waals surface area contributed by atoms with Gasteiger partial charge in [-0.05, 0) is 43.9 Å². The highest BCUT2D eigenvalue weighted by Gasteiger charge is 2.32. The van der Waals surface area contributed by atoms with E-state index in [1.165, 1.54) is 7.11 Å². The van der Waals surface area contributed by atoms with E-state index in [2.05, 4.69) is 0 Å². The number of ether oxygens (including phenoxy) is 2. The normalized spacial score (nSPS) is 18.2. The molecule has 0 bridgehead atoms. The zero-order chi connectivity index (χ0) is 15.2. The fraction of sp³-hybridized carbons (Fsp3) is 0.500. The molecule has 5 heteroatoms. The zero-order valence-electron chi connectivity index (χ0n) is 12.5. The van der Waals surface area contributed by atoms with Crippen LogP contribution in [0.5, 0.6) is 5.75 Å². The molecule has 114 valence electrons. The van der Waals surface area contributed by atoms with E-state index in [1.807, 2.05) is 31.2 Å². The van der Waals surface area contributed by atoms with Gasteiger partial charge in [0.15, 0.2) is 6.61 Å². The Balaban J connectivity index is 1.96. The van der Waals surface area contributed by atoms with Crippen molar-refractivity contribution in [3.63, 3.8) is 0 Å². The number of rotatable bonds is 4. The highest BCUT2D eigenvalue weighted by Crippen LogP contribution is 2.19. The highest BCUT2D eigenvalue weighted by atomic mass is 16.5. The van der Waals surface area contributed by atoms with E-state index in [0.717, 1.165) is 18.4 Å². The molecule has 1 fully saturated rings. The van der Waals surface area contributed by atoms with Gasteiger partial charge in [0.1, 0.15) is 11.8 Å². The maximum Gasteiger partial charge on any atom is 0.328 e. The van der Waals surface area contributed by atoms with E-state index < -0.39 is 6.04 Å². The Kier molecular flexibility index (Phi) is 5.20. The van der Waals surface area contributed by atoms with Crippen molar-refractivity contribution in [2.24, 2.45) is 0 Å². The first-order valence-corrected chi connectivity index (χ1v) is 7.18. The second-order valence-corrected chi connectivity index (χ2v) is 5.23. The number of carbonyl (C=O) groups is 2. The van der Waals surface area contributed by atoms with Gasteiger partial charge in [0.05, 0.1) is 7.11 Å². The number of aryl methyl sites for hydroxylation is 1. The quantitative estimate of drug-likeness (QED) is 0.795. The van der Waals surface area contributed by atoms with E-state index in [1.54, 1.807) is 4.90 Å². The van der Waals surface area contributed by atoms with Crippen LogP contribution in [-0.4, -0.2) is 43.1 Å². The summed E-state index contributed by atoms with van der Waals surface area (Å²) < 4.78 is 10.3. The van der Waals surface area contributed by atoms with Crippen LogP contribution in [0.1, 0.15) is 24.8 Å². The lowest BCUT2D eigenvalue weighted by Gasteiger charge is -2.33. The molecule has 1 aromatic rings. The third-order valence-electron chi connectivity index (χ3n) is 3.65. The van der Waals surface area contributed by atoms with Gasteiger partial charge in [0, 0.05) is 6.54 Å². The summed E-state index contributed by atoms with van der Waals surface area (Å²) in [6.07, 6.45) is 2.49. The van der Waals surface area contributed by atoms with Crippen LogP contribution < -0.4 is 4.74 Å². The molecule has 1 atom stereocenters. The molecule has 5 nitrogen and oxygen atoms in total. The molecule has 1 aliphatic heterocycles. The summed E-state index contributed by atoms with van der Waals surface area (Å²) in [6, 6.07) is 7.06. The Morgan fingerprint density at radius 2 is 2.14 bits per heavy atom. The lowest BCUT2D eigenvalue weighted by Crippen LogP contribution is -2.50. The second kappa shape index (κ2) is 7.11. The molecule has 2 rings (SSSR count). The van der Waals surface area contributed by atoms with Gasteiger partial charge in [0.25, 0.3) is 5.91 Å². The van der Waals surface area contributed by atoms with E-state index >= 15 is 0 Å². The molecule has 1 aliphatic rings. The van der Waals surface area contributed by atoms with Crippen LogP contribution in [0.3, 0.4) is 0 Å². The monoisotopic (exact) mass is 291 g/mol. The SMILES string of the molecule is COC(=O)[C@H]1CCCCN1C(=O)COc1cccc(C)c1. The summed E-state index contributed by atoms with van der Waals surface area (Å²) in [5, 5.41) is 0. The molecule has 0 spiro atoms. The van der Waals surface area contributed by atoms with Crippen molar-refractivity contribution in [1.29, 1.82) is 0 Å². The van der Waals surface area contributed by atoms with Crippen molar-refractivity contribution < 1.29 is 19.1 Å². The van der Waals surface area contributed by atoms with E-state index in [-0.39, 0.29) is 18.5 Å². The Labute approximate surface area is 124 Å². The number of likely N-dealkylation sites (tertiary alicyclic amines) is 1. The number of hydrogen-bond acceptors (Lipinski definition) is 4. The summed E-state index contributed by atoms with van der Waals surface area (Å²) in [5.74, 6) is 0.139. The number of amides is 1. The molecule has 1 aromatic carbocycles. The number of methoxy groups -OCH3 is 1. The van der Waals surface area contributed by atoms with E-state index in [9.17, 15) is 9.59 Å². The van der Waals surface area contributed by atoms with Crippen LogP contribution in [0.25, 0.3) is 0 Å². The molecule has 0 N–H and O–H groups in total. The van der Waals surface area contributed by atoms with Crippen LogP contribution in [0.15, 0.2) is 24.3 Å². The molecular formula is C16H21NO4. The molecule has 1 amide bonds. The summed E-state index contributed by atoms with van der Waals surface area (Å²) >= 11 is 0. The molecule has 0 aromatic heterocycles. The second-order valence-electron chi connectivity index (χ2n) is 5.23. The average molecular weight is 291 g/mol. The summed E-state index contributed by atoms with van der Waals surface area (Å²) in [6.45, 7) is 2.49. The number of piperidine rings is 1. The van der Waals surface area contributed by atoms with Crippen LogP contribution in [-0.2, 0) is 14.3 Å². The molecule has 21 heavy (non-hydrogen) atoms. The van der Waals surface area contributed by atoms with Crippen molar-refractivity contribution in [3.05, 3.63) is 29.8 Å². The van der Waals surface area contributed by atoms with Crippen molar-refractivity contribution in [2.45, 2.75) is 32.2 Å². The smallest absolute Gasteiger partial charge is 0.328 e. The minimum absolute atomic E-state index is 0.0586. The number of benzene rings is 1. The van der Waals surface area contributed by atoms with Gasteiger partial charge in [-0.15, -0.1) is 0 Å². The number of esters is 1. The van der Waals surface area contributed by atoms with Gasteiger partial charge in [-0.2, -0.15) is 0 Å². The first kappa shape index (κ1) is 15.4. The minimum Gasteiger partial charge on any atom is -0.484 e. The van der Waals surface area contributed by atoms with Gasteiger partial charge >= 0.3 is 5.97 Å². The van der Waals surface area contributed by atoms with Gasteiger partial charge in [-0.1, -0.05) is 12.1 Å². The first-order valence-electron chi connectivity index (χ1n) is 7.18. The van der Waals surface area contributed by atoms with Crippen molar-refractivity contribution in [1.82, 2.24) is 4.90 Å². The van der Waals surface area contributed by atoms with Gasteiger partial charge in [-0.3, -0.25) is 4.79 Å². The van der Waals surface area contributed by atoms with Gasteiger partial charge < -0.3 is 14.4 Å². The number of nitrogens with zero attached hydrogens (tertiary/aromatic N) is 1. The fourth-order valence-corrected chi connectivity index (χ4v) is 2.54. The summed E-state index contributed by atoms with van der Waals surface area (Å²) in [5.41, 5.74) is 1.07. The molecule has 0 radical (unpaired) electrons. The van der Waals surface area contributed by atoms with Crippen LogP contribution >= 0.6 is 0 Å². The largest absolute Gasteiger partial charge is 0.484 e. The van der Waals surface area contributed by atoms with Crippen molar-refractivity contribution >= 4 is 11.9 Å². The molecular weight excluding hydrogens is 270 g/mol. The topological polar surface area (TPSA) is 55.8 Å². The lowest BCUT2D eigenvalue weighted by molar-refractivity contribution is -0.155. The van der Waals surface area contributed by atoms with Crippen LogP contribution in [0.4, 0.5) is 0 Å². The Hall–Kier alpha value is -2.04. The third-order valence-corrected chi connectivity index (χ3v) is 3.65. The fourth-order valence-electron chi connectivity index (χ4n) is 2.54. The third kappa shape index (κ3) is 3.97. The Bertz CT molecular complexity index is 515. The van der Waals surface area contributed by atoms with E-state index in [4.69, 9.17) is 9.47 Å². The Morgan fingerprint density at radius 3 is 2.86 bits per heavy atom. The molecule has 0 unspecified atom stereocenters. The predicted octanol–water partition coefficient (Wildman–Crippen LogP) is 1.93. The van der Waals surface area contributed by atoms with Gasteiger partial charge in [-0.25, -0.2) is 4.79 Å².